The van der Waals surface area contributed by atoms with E-state index in [0.29, 0.717) is 4.90 Å². The van der Waals surface area contributed by atoms with Gasteiger partial charge in [0.15, 0.2) is 9.84 Å². The summed E-state index contributed by atoms with van der Waals surface area (Å²) in [5.74, 6) is -0.238. The highest BCUT2D eigenvalue weighted by Gasteiger charge is 2.24. The lowest BCUT2D eigenvalue weighted by molar-refractivity contribution is -0.168. The number of hydrogen-bond donors (Lipinski definition) is 0. The zero-order valence-corrected chi connectivity index (χ0v) is 13.1. The number of rotatable bonds is 6. The fourth-order valence-electron chi connectivity index (χ4n) is 1.70. The van der Waals surface area contributed by atoms with Crippen LogP contribution in [-0.4, -0.2) is 38.8 Å². The minimum atomic E-state index is -3.40. The molecule has 0 spiro atoms. The van der Waals surface area contributed by atoms with Gasteiger partial charge >= 0.3 is 0 Å². The SMILES string of the molecule is CON(C)C(=O)CCC(C)S(=O)(=O)c1ccc(C)cc1. The first-order valence-electron chi connectivity index (χ1n) is 6.40. The van der Waals surface area contributed by atoms with Crippen LogP contribution in [0.1, 0.15) is 25.3 Å². The molecule has 5 nitrogen and oxygen atoms in total. The summed E-state index contributed by atoms with van der Waals surface area (Å²) in [4.78, 5) is 16.6. The molecule has 0 bridgehead atoms. The van der Waals surface area contributed by atoms with Crippen LogP contribution in [0, 0.1) is 6.92 Å². The molecule has 0 radical (unpaired) electrons. The van der Waals surface area contributed by atoms with Gasteiger partial charge in [-0.2, -0.15) is 0 Å². The zero-order valence-electron chi connectivity index (χ0n) is 12.3. The number of aryl methyl sites for hydroxylation is 1. The molecule has 1 amide bonds. The maximum Gasteiger partial charge on any atom is 0.245 e. The zero-order chi connectivity index (χ0) is 15.3. The summed E-state index contributed by atoms with van der Waals surface area (Å²) in [6, 6.07) is 6.74. The van der Waals surface area contributed by atoms with Crippen LogP contribution >= 0.6 is 0 Å². The first-order valence-corrected chi connectivity index (χ1v) is 7.95. The summed E-state index contributed by atoms with van der Waals surface area (Å²) in [5, 5.41) is 0.491. The summed E-state index contributed by atoms with van der Waals surface area (Å²) >= 11 is 0. The number of hydroxylamine groups is 2. The van der Waals surface area contributed by atoms with Crippen LogP contribution in [-0.2, 0) is 19.5 Å². The summed E-state index contributed by atoms with van der Waals surface area (Å²) < 4.78 is 24.7. The molecule has 0 saturated heterocycles. The quantitative estimate of drug-likeness (QED) is 0.753. The van der Waals surface area contributed by atoms with Crippen molar-refractivity contribution in [2.24, 2.45) is 0 Å². The van der Waals surface area contributed by atoms with Crippen molar-refractivity contribution < 1.29 is 18.0 Å². The van der Waals surface area contributed by atoms with Crippen LogP contribution in [0.4, 0.5) is 0 Å². The lowest BCUT2D eigenvalue weighted by Crippen LogP contribution is -2.27. The Balaban J connectivity index is 2.73. The number of sulfone groups is 1. The third kappa shape index (κ3) is 4.05. The Hall–Kier alpha value is -1.40. The molecule has 0 fully saturated rings. The Morgan fingerprint density at radius 3 is 2.35 bits per heavy atom. The molecule has 1 rings (SSSR count). The molecule has 20 heavy (non-hydrogen) atoms. The van der Waals surface area contributed by atoms with E-state index in [-0.39, 0.29) is 18.7 Å². The Morgan fingerprint density at radius 1 is 1.30 bits per heavy atom. The number of carbonyl (C=O) groups is 1. The van der Waals surface area contributed by atoms with E-state index in [2.05, 4.69) is 0 Å². The van der Waals surface area contributed by atoms with Crippen molar-refractivity contribution in [2.45, 2.75) is 36.8 Å². The van der Waals surface area contributed by atoms with Crippen molar-refractivity contribution in [3.63, 3.8) is 0 Å². The van der Waals surface area contributed by atoms with Gasteiger partial charge in [0, 0.05) is 13.5 Å². The van der Waals surface area contributed by atoms with Crippen LogP contribution in [0.5, 0.6) is 0 Å². The van der Waals surface area contributed by atoms with E-state index in [1.165, 1.54) is 14.2 Å². The predicted molar refractivity (Wildman–Crippen MR) is 76.8 cm³/mol. The smallest absolute Gasteiger partial charge is 0.245 e. The molecular weight excluding hydrogens is 278 g/mol. The standard InChI is InChI=1S/C14H21NO4S/c1-11-5-8-13(9-6-11)20(17,18)12(2)7-10-14(16)15(3)19-4/h5-6,8-9,12H,7,10H2,1-4H3. The van der Waals surface area contributed by atoms with Crippen molar-refractivity contribution in [1.82, 2.24) is 5.06 Å². The molecule has 112 valence electrons. The molecular formula is C14H21NO4S. The molecule has 1 unspecified atom stereocenters. The monoisotopic (exact) mass is 299 g/mol. The maximum atomic E-state index is 12.3. The predicted octanol–water partition coefficient (Wildman–Crippen LogP) is 1.96. The Morgan fingerprint density at radius 2 is 1.85 bits per heavy atom. The van der Waals surface area contributed by atoms with Gasteiger partial charge in [-0.15, -0.1) is 0 Å². The molecule has 0 aliphatic carbocycles. The third-order valence-corrected chi connectivity index (χ3v) is 5.49. The van der Waals surface area contributed by atoms with Crippen molar-refractivity contribution in [3.8, 4) is 0 Å². The molecule has 0 aliphatic heterocycles. The minimum absolute atomic E-state index is 0.136. The summed E-state index contributed by atoms with van der Waals surface area (Å²) in [7, 11) is -0.501. The van der Waals surface area contributed by atoms with Gasteiger partial charge in [0.1, 0.15) is 0 Å². The highest BCUT2D eigenvalue weighted by atomic mass is 32.2. The summed E-state index contributed by atoms with van der Waals surface area (Å²) in [5.41, 5.74) is 1.01. The first kappa shape index (κ1) is 16.7. The highest BCUT2D eigenvalue weighted by molar-refractivity contribution is 7.92. The average molecular weight is 299 g/mol. The van der Waals surface area contributed by atoms with Crippen LogP contribution in [0.2, 0.25) is 0 Å². The molecule has 1 aromatic carbocycles. The van der Waals surface area contributed by atoms with Gasteiger partial charge in [-0.05, 0) is 32.4 Å². The minimum Gasteiger partial charge on any atom is -0.275 e. The van der Waals surface area contributed by atoms with Crippen molar-refractivity contribution in [1.29, 1.82) is 0 Å². The second-order valence-electron chi connectivity index (χ2n) is 4.78. The number of carbonyl (C=O) groups excluding carboxylic acids is 1. The van der Waals surface area contributed by atoms with Gasteiger partial charge in [0.25, 0.3) is 0 Å². The first-order chi connectivity index (χ1) is 9.28. The molecule has 0 saturated carbocycles. The second-order valence-corrected chi connectivity index (χ2v) is 7.15. The van der Waals surface area contributed by atoms with E-state index >= 15 is 0 Å². The van der Waals surface area contributed by atoms with Crippen molar-refractivity contribution >= 4 is 15.7 Å². The summed E-state index contributed by atoms with van der Waals surface area (Å²) in [6.45, 7) is 3.52. The van der Waals surface area contributed by atoms with Crippen LogP contribution in [0.15, 0.2) is 29.2 Å². The average Bonchev–Trinajstić information content (AvgIpc) is 2.43. The molecule has 1 atom stereocenters. The number of amides is 1. The van der Waals surface area contributed by atoms with E-state index in [1.54, 1.807) is 31.2 Å². The number of nitrogens with zero attached hydrogens (tertiary/aromatic N) is 1. The van der Waals surface area contributed by atoms with Crippen LogP contribution < -0.4 is 0 Å². The van der Waals surface area contributed by atoms with Gasteiger partial charge in [-0.1, -0.05) is 17.7 Å². The molecule has 1 aromatic rings. The molecule has 0 aliphatic rings. The fraction of sp³-hybridized carbons (Fsp3) is 0.500. The molecule has 6 heteroatoms. The fourth-order valence-corrected chi connectivity index (χ4v) is 3.11. The van der Waals surface area contributed by atoms with Gasteiger partial charge in [0.2, 0.25) is 5.91 Å². The lowest BCUT2D eigenvalue weighted by Gasteiger charge is -2.16. The number of benzene rings is 1. The van der Waals surface area contributed by atoms with E-state index < -0.39 is 15.1 Å². The highest BCUT2D eigenvalue weighted by Crippen LogP contribution is 2.20. The number of hydrogen-bond acceptors (Lipinski definition) is 4. The van der Waals surface area contributed by atoms with E-state index in [1.807, 2.05) is 6.92 Å². The van der Waals surface area contributed by atoms with Crippen molar-refractivity contribution in [3.05, 3.63) is 29.8 Å². The molecule has 0 heterocycles. The Labute approximate surface area is 120 Å². The molecule has 0 N–H and O–H groups in total. The van der Waals surface area contributed by atoms with Gasteiger partial charge in [0.05, 0.1) is 17.3 Å². The maximum absolute atomic E-state index is 12.3. The third-order valence-electron chi connectivity index (χ3n) is 3.27. The topological polar surface area (TPSA) is 63.7 Å². The Kier molecular flexibility index (Phi) is 5.71. The van der Waals surface area contributed by atoms with E-state index in [0.717, 1.165) is 10.6 Å². The lowest BCUT2D eigenvalue weighted by atomic mass is 10.2. The van der Waals surface area contributed by atoms with Crippen LogP contribution in [0.3, 0.4) is 0 Å². The molecule has 0 aromatic heterocycles. The van der Waals surface area contributed by atoms with Gasteiger partial charge in [-0.25, -0.2) is 13.5 Å². The summed E-state index contributed by atoms with van der Waals surface area (Å²) in [6.07, 6.45) is 0.402. The normalized spacial score (nSPS) is 13.0. The second kappa shape index (κ2) is 6.85. The van der Waals surface area contributed by atoms with E-state index in [4.69, 9.17) is 4.84 Å². The largest absolute Gasteiger partial charge is 0.275 e. The Bertz CT molecular complexity index is 551. The van der Waals surface area contributed by atoms with Crippen molar-refractivity contribution in [2.75, 3.05) is 14.2 Å². The van der Waals surface area contributed by atoms with Gasteiger partial charge < -0.3 is 0 Å². The van der Waals surface area contributed by atoms with E-state index in [9.17, 15) is 13.2 Å². The van der Waals surface area contributed by atoms with Gasteiger partial charge in [-0.3, -0.25) is 9.63 Å². The van der Waals surface area contributed by atoms with Crippen LogP contribution in [0.25, 0.3) is 0 Å².